The number of nitrogens with zero attached hydrogens (tertiary/aromatic N) is 1. The minimum Gasteiger partial charge on any atom is -0.492 e. The van der Waals surface area contributed by atoms with Crippen molar-refractivity contribution in [2.24, 2.45) is 0 Å². The molecule has 1 aromatic rings. The van der Waals surface area contributed by atoms with Crippen molar-refractivity contribution in [3.63, 3.8) is 0 Å². The maximum Gasteiger partial charge on any atom is 0.234 e. The lowest BCUT2D eigenvalue weighted by atomic mass is 10.1. The molecule has 0 bridgehead atoms. The van der Waals surface area contributed by atoms with Crippen molar-refractivity contribution in [2.45, 2.75) is 19.4 Å². The third kappa shape index (κ3) is 8.27. The predicted molar refractivity (Wildman–Crippen MR) is 78.7 cm³/mol. The molecule has 0 aliphatic rings. The highest BCUT2D eigenvalue weighted by Gasteiger charge is 2.17. The zero-order chi connectivity index (χ0) is 15.9. The van der Waals surface area contributed by atoms with Crippen LogP contribution in [-0.4, -0.2) is 54.8 Å². The summed E-state index contributed by atoms with van der Waals surface area (Å²) in [5.41, 5.74) is -0.833. The number of benzene rings is 1. The highest BCUT2D eigenvalue weighted by molar-refractivity contribution is 5.77. The van der Waals surface area contributed by atoms with E-state index in [9.17, 15) is 14.3 Å². The van der Waals surface area contributed by atoms with Crippen LogP contribution in [0.2, 0.25) is 0 Å². The molecule has 0 heterocycles. The molecule has 0 saturated heterocycles. The lowest BCUT2D eigenvalue weighted by Crippen LogP contribution is -2.42. The van der Waals surface area contributed by atoms with E-state index in [-0.39, 0.29) is 18.3 Å². The smallest absolute Gasteiger partial charge is 0.234 e. The van der Waals surface area contributed by atoms with E-state index < -0.39 is 5.60 Å². The molecule has 1 rings (SSSR count). The van der Waals surface area contributed by atoms with Crippen molar-refractivity contribution in [3.05, 3.63) is 30.1 Å². The number of halogens is 1. The molecular weight excluding hydrogens is 275 g/mol. The van der Waals surface area contributed by atoms with Gasteiger partial charge in [-0.15, -0.1) is 0 Å². The van der Waals surface area contributed by atoms with Crippen LogP contribution in [0.3, 0.4) is 0 Å². The Morgan fingerprint density at radius 3 is 2.57 bits per heavy atom. The summed E-state index contributed by atoms with van der Waals surface area (Å²) in [6.07, 6.45) is 0. The fourth-order valence-corrected chi connectivity index (χ4v) is 1.91. The quantitative estimate of drug-likeness (QED) is 0.704. The van der Waals surface area contributed by atoms with Crippen LogP contribution in [0.1, 0.15) is 13.8 Å². The Bertz CT molecular complexity index is 443. The summed E-state index contributed by atoms with van der Waals surface area (Å²) in [7, 11) is 1.77. The van der Waals surface area contributed by atoms with E-state index in [1.54, 1.807) is 25.8 Å². The average Bonchev–Trinajstić information content (AvgIpc) is 2.34. The van der Waals surface area contributed by atoms with Crippen LogP contribution in [-0.2, 0) is 4.79 Å². The Morgan fingerprint density at radius 1 is 1.38 bits per heavy atom. The largest absolute Gasteiger partial charge is 0.492 e. The first-order valence-corrected chi connectivity index (χ1v) is 6.82. The number of aliphatic hydroxyl groups is 1. The SMILES string of the molecule is CN(CC(=O)NCCOc1ccc(F)cc1)CC(C)(C)O. The number of hydrogen-bond acceptors (Lipinski definition) is 4. The first kappa shape index (κ1) is 17.4. The van der Waals surface area contributed by atoms with Gasteiger partial charge in [0, 0.05) is 6.54 Å². The number of carbonyl (C=O) groups is 1. The van der Waals surface area contributed by atoms with Gasteiger partial charge in [-0.05, 0) is 45.2 Å². The van der Waals surface area contributed by atoms with Crippen molar-refractivity contribution in [2.75, 3.05) is 33.3 Å². The van der Waals surface area contributed by atoms with Crippen LogP contribution >= 0.6 is 0 Å². The lowest BCUT2D eigenvalue weighted by Gasteiger charge is -2.24. The molecule has 118 valence electrons. The van der Waals surface area contributed by atoms with Gasteiger partial charge in [0.2, 0.25) is 5.91 Å². The fraction of sp³-hybridized carbons (Fsp3) is 0.533. The van der Waals surface area contributed by atoms with Crippen molar-refractivity contribution in [1.82, 2.24) is 10.2 Å². The van der Waals surface area contributed by atoms with Crippen LogP contribution in [0.15, 0.2) is 24.3 Å². The summed E-state index contributed by atoms with van der Waals surface area (Å²) in [5.74, 6) is 0.111. The van der Waals surface area contributed by atoms with E-state index in [1.807, 2.05) is 0 Å². The molecular formula is C15H23FN2O3. The molecule has 0 saturated carbocycles. The molecule has 21 heavy (non-hydrogen) atoms. The maximum atomic E-state index is 12.7. The molecule has 0 fully saturated rings. The molecule has 6 heteroatoms. The van der Waals surface area contributed by atoms with Gasteiger partial charge in [0.25, 0.3) is 0 Å². The second kappa shape index (κ2) is 7.95. The van der Waals surface area contributed by atoms with E-state index in [2.05, 4.69) is 5.32 Å². The lowest BCUT2D eigenvalue weighted by molar-refractivity contribution is -0.122. The van der Waals surface area contributed by atoms with Gasteiger partial charge in [-0.3, -0.25) is 9.69 Å². The minimum atomic E-state index is -0.833. The molecule has 2 N–H and O–H groups in total. The van der Waals surface area contributed by atoms with Gasteiger partial charge < -0.3 is 15.2 Å². The van der Waals surface area contributed by atoms with Gasteiger partial charge >= 0.3 is 0 Å². The van der Waals surface area contributed by atoms with Crippen LogP contribution in [0.25, 0.3) is 0 Å². The Balaban J connectivity index is 2.17. The average molecular weight is 298 g/mol. The van der Waals surface area contributed by atoms with E-state index in [1.165, 1.54) is 24.3 Å². The standard InChI is InChI=1S/C15H23FN2O3/c1-15(2,20)11-18(3)10-14(19)17-8-9-21-13-6-4-12(16)5-7-13/h4-7,20H,8-11H2,1-3H3,(H,17,19). The van der Waals surface area contributed by atoms with E-state index >= 15 is 0 Å². The van der Waals surface area contributed by atoms with E-state index in [0.29, 0.717) is 25.4 Å². The maximum absolute atomic E-state index is 12.7. The number of carbonyl (C=O) groups excluding carboxylic acids is 1. The first-order chi connectivity index (χ1) is 9.76. The molecule has 0 unspecified atom stereocenters. The molecule has 1 amide bonds. The van der Waals surface area contributed by atoms with E-state index in [4.69, 9.17) is 4.74 Å². The fourth-order valence-electron chi connectivity index (χ4n) is 1.91. The Hall–Kier alpha value is -1.66. The van der Waals surface area contributed by atoms with Crippen LogP contribution in [0.5, 0.6) is 5.75 Å². The molecule has 0 aliphatic carbocycles. The zero-order valence-electron chi connectivity index (χ0n) is 12.7. The summed E-state index contributed by atoms with van der Waals surface area (Å²) in [6, 6.07) is 5.71. The molecule has 1 aromatic carbocycles. The number of hydrogen-bond donors (Lipinski definition) is 2. The molecule has 0 spiro atoms. The highest BCUT2D eigenvalue weighted by atomic mass is 19.1. The molecule has 0 radical (unpaired) electrons. The second-order valence-corrected chi connectivity index (χ2v) is 5.64. The van der Waals surface area contributed by atoms with Gasteiger partial charge in [-0.2, -0.15) is 0 Å². The minimum absolute atomic E-state index is 0.135. The van der Waals surface area contributed by atoms with Crippen molar-refractivity contribution in [1.29, 1.82) is 0 Å². The normalized spacial score (nSPS) is 11.5. The van der Waals surface area contributed by atoms with Crippen LogP contribution < -0.4 is 10.1 Å². The number of nitrogens with one attached hydrogen (secondary N) is 1. The summed E-state index contributed by atoms with van der Waals surface area (Å²) in [4.78, 5) is 13.4. The topological polar surface area (TPSA) is 61.8 Å². The molecule has 0 aromatic heterocycles. The Labute approximate surface area is 124 Å². The van der Waals surface area contributed by atoms with Gasteiger partial charge in [-0.25, -0.2) is 4.39 Å². The zero-order valence-corrected chi connectivity index (χ0v) is 12.7. The van der Waals surface area contributed by atoms with Crippen molar-refractivity contribution < 1.29 is 19.0 Å². The van der Waals surface area contributed by atoms with Crippen molar-refractivity contribution in [3.8, 4) is 5.75 Å². The monoisotopic (exact) mass is 298 g/mol. The molecule has 0 atom stereocenters. The Kier molecular flexibility index (Phi) is 6.58. The van der Waals surface area contributed by atoms with E-state index in [0.717, 1.165) is 0 Å². The summed E-state index contributed by atoms with van der Waals surface area (Å²) in [5, 5.41) is 12.4. The Morgan fingerprint density at radius 2 is 2.00 bits per heavy atom. The number of amides is 1. The number of rotatable bonds is 8. The summed E-state index contributed by atoms with van der Waals surface area (Å²) in [6.45, 7) is 4.68. The molecule has 5 nitrogen and oxygen atoms in total. The van der Waals surface area contributed by atoms with Crippen LogP contribution in [0, 0.1) is 5.82 Å². The van der Waals surface area contributed by atoms with Crippen LogP contribution in [0.4, 0.5) is 4.39 Å². The van der Waals surface area contributed by atoms with Gasteiger partial charge in [0.15, 0.2) is 0 Å². The third-order valence-corrected chi connectivity index (χ3v) is 2.58. The summed E-state index contributed by atoms with van der Waals surface area (Å²) >= 11 is 0. The number of ether oxygens (including phenoxy) is 1. The van der Waals surface area contributed by atoms with Gasteiger partial charge in [0.1, 0.15) is 18.2 Å². The summed E-state index contributed by atoms with van der Waals surface area (Å²) < 4.78 is 18.0. The first-order valence-electron chi connectivity index (χ1n) is 6.82. The predicted octanol–water partition coefficient (Wildman–Crippen LogP) is 1.02. The highest BCUT2D eigenvalue weighted by Crippen LogP contribution is 2.10. The number of likely N-dealkylation sites (N-methyl/N-ethyl adjacent to an activating group) is 1. The second-order valence-electron chi connectivity index (χ2n) is 5.64. The van der Waals surface area contributed by atoms with Crippen molar-refractivity contribution >= 4 is 5.91 Å². The molecule has 0 aliphatic heterocycles. The van der Waals surface area contributed by atoms with Gasteiger partial charge in [0.05, 0.1) is 18.7 Å². The third-order valence-electron chi connectivity index (χ3n) is 2.58. The van der Waals surface area contributed by atoms with Gasteiger partial charge in [-0.1, -0.05) is 0 Å².